The lowest BCUT2D eigenvalue weighted by molar-refractivity contribution is 1.17. The molecular weight excluding hydrogens is 284 g/mol. The van der Waals surface area contributed by atoms with E-state index in [0.717, 1.165) is 15.8 Å². The molecule has 0 saturated carbocycles. The van der Waals surface area contributed by atoms with Crippen LogP contribution in [0.15, 0.2) is 41.1 Å². The van der Waals surface area contributed by atoms with Crippen molar-refractivity contribution in [1.29, 1.82) is 0 Å². The standard InChI is InChI=1S/C12H9BrN2S/c1-8-4-5-11(16-8)12-14-7-10-9(13)3-2-6-15(10)12/h2-7H,1H3. The Kier molecular flexibility index (Phi) is 2.33. The molecule has 0 aliphatic carbocycles. The van der Waals surface area contributed by atoms with Crippen LogP contribution in [0.4, 0.5) is 0 Å². The van der Waals surface area contributed by atoms with E-state index in [0.29, 0.717) is 0 Å². The van der Waals surface area contributed by atoms with E-state index in [1.807, 2.05) is 24.5 Å². The molecule has 80 valence electrons. The Balaban J connectivity index is 2.29. The first-order valence-corrected chi connectivity index (χ1v) is 6.55. The molecule has 0 aromatic carbocycles. The van der Waals surface area contributed by atoms with E-state index in [1.165, 1.54) is 9.75 Å². The number of thiophene rings is 1. The smallest absolute Gasteiger partial charge is 0.154 e. The zero-order valence-corrected chi connectivity index (χ0v) is 11.0. The van der Waals surface area contributed by atoms with Crippen LogP contribution in [0.25, 0.3) is 16.2 Å². The summed E-state index contributed by atoms with van der Waals surface area (Å²) in [6.45, 7) is 2.11. The fraction of sp³-hybridized carbons (Fsp3) is 0.0833. The van der Waals surface area contributed by atoms with Gasteiger partial charge in [-0.25, -0.2) is 4.98 Å². The van der Waals surface area contributed by atoms with Crippen LogP contribution in [-0.4, -0.2) is 9.38 Å². The van der Waals surface area contributed by atoms with Gasteiger partial charge in [0.05, 0.1) is 16.6 Å². The Bertz CT molecular complexity index is 654. The van der Waals surface area contributed by atoms with Crippen LogP contribution in [0, 0.1) is 6.92 Å². The van der Waals surface area contributed by atoms with Crippen LogP contribution >= 0.6 is 27.3 Å². The van der Waals surface area contributed by atoms with E-state index >= 15 is 0 Å². The Morgan fingerprint density at radius 3 is 2.94 bits per heavy atom. The Morgan fingerprint density at radius 2 is 2.19 bits per heavy atom. The maximum absolute atomic E-state index is 4.48. The highest BCUT2D eigenvalue weighted by Gasteiger charge is 2.09. The lowest BCUT2D eigenvalue weighted by Crippen LogP contribution is -1.86. The Labute approximate surface area is 106 Å². The fourth-order valence-electron chi connectivity index (χ4n) is 1.72. The molecule has 2 nitrogen and oxygen atoms in total. The second kappa shape index (κ2) is 3.71. The van der Waals surface area contributed by atoms with Gasteiger partial charge in [0.25, 0.3) is 0 Å². The molecule has 0 N–H and O–H groups in total. The Morgan fingerprint density at radius 1 is 1.31 bits per heavy atom. The summed E-state index contributed by atoms with van der Waals surface area (Å²) < 4.78 is 3.18. The minimum absolute atomic E-state index is 1.01. The molecule has 0 bridgehead atoms. The average Bonchev–Trinajstić information content (AvgIpc) is 2.84. The molecule has 0 fully saturated rings. The monoisotopic (exact) mass is 292 g/mol. The second-order valence-electron chi connectivity index (χ2n) is 3.60. The SMILES string of the molecule is Cc1ccc(-c2ncc3c(Br)cccn23)s1. The van der Waals surface area contributed by atoms with Gasteiger partial charge in [-0.3, -0.25) is 4.40 Å². The summed E-state index contributed by atoms with van der Waals surface area (Å²) in [6, 6.07) is 8.29. The highest BCUT2D eigenvalue weighted by Crippen LogP contribution is 2.29. The van der Waals surface area contributed by atoms with Crippen molar-refractivity contribution in [2.45, 2.75) is 6.92 Å². The van der Waals surface area contributed by atoms with Crippen molar-refractivity contribution >= 4 is 32.8 Å². The molecular formula is C12H9BrN2S. The van der Waals surface area contributed by atoms with E-state index in [4.69, 9.17) is 0 Å². The van der Waals surface area contributed by atoms with Crippen molar-refractivity contribution in [1.82, 2.24) is 9.38 Å². The maximum atomic E-state index is 4.48. The number of aryl methyl sites for hydroxylation is 1. The van der Waals surface area contributed by atoms with Crippen LogP contribution < -0.4 is 0 Å². The van der Waals surface area contributed by atoms with E-state index in [1.54, 1.807) is 11.3 Å². The normalized spacial score (nSPS) is 11.1. The van der Waals surface area contributed by atoms with Crippen molar-refractivity contribution in [3.63, 3.8) is 0 Å². The number of rotatable bonds is 1. The molecule has 0 aliphatic rings. The fourth-order valence-corrected chi connectivity index (χ4v) is 3.03. The molecule has 0 spiro atoms. The highest BCUT2D eigenvalue weighted by atomic mass is 79.9. The molecule has 0 radical (unpaired) electrons. The number of hydrogen-bond acceptors (Lipinski definition) is 2. The summed E-state index contributed by atoms with van der Waals surface area (Å²) in [7, 11) is 0. The summed E-state index contributed by atoms with van der Waals surface area (Å²) in [5.41, 5.74) is 1.10. The molecule has 0 aliphatic heterocycles. The van der Waals surface area contributed by atoms with Gasteiger partial charge >= 0.3 is 0 Å². The van der Waals surface area contributed by atoms with Crippen molar-refractivity contribution < 1.29 is 0 Å². The van der Waals surface area contributed by atoms with Crippen molar-refractivity contribution in [2.75, 3.05) is 0 Å². The molecule has 3 heterocycles. The first kappa shape index (κ1) is 10.1. The lowest BCUT2D eigenvalue weighted by atomic mass is 10.4. The maximum Gasteiger partial charge on any atom is 0.154 e. The van der Waals surface area contributed by atoms with Crippen LogP contribution in [0.1, 0.15) is 4.88 Å². The van der Waals surface area contributed by atoms with E-state index in [9.17, 15) is 0 Å². The average molecular weight is 293 g/mol. The van der Waals surface area contributed by atoms with Crippen LogP contribution in [0.3, 0.4) is 0 Å². The predicted octanol–water partition coefficient (Wildman–Crippen LogP) is 4.13. The molecule has 0 saturated heterocycles. The van der Waals surface area contributed by atoms with Gasteiger partial charge in [0.2, 0.25) is 0 Å². The zero-order chi connectivity index (χ0) is 11.1. The van der Waals surface area contributed by atoms with Crippen molar-refractivity contribution in [2.24, 2.45) is 0 Å². The minimum Gasteiger partial charge on any atom is -0.298 e. The van der Waals surface area contributed by atoms with E-state index in [2.05, 4.69) is 44.4 Å². The van der Waals surface area contributed by atoms with E-state index < -0.39 is 0 Å². The molecule has 0 atom stereocenters. The molecule has 0 unspecified atom stereocenters. The third-order valence-corrected chi connectivity index (χ3v) is 4.15. The van der Waals surface area contributed by atoms with Gasteiger partial charge in [-0.1, -0.05) is 0 Å². The largest absolute Gasteiger partial charge is 0.298 e. The molecule has 4 heteroatoms. The highest BCUT2D eigenvalue weighted by molar-refractivity contribution is 9.10. The molecule has 0 amide bonds. The van der Waals surface area contributed by atoms with Gasteiger partial charge in [0, 0.05) is 15.5 Å². The second-order valence-corrected chi connectivity index (χ2v) is 5.75. The van der Waals surface area contributed by atoms with Gasteiger partial charge in [-0.05, 0) is 47.1 Å². The quantitative estimate of drug-likeness (QED) is 0.659. The summed E-state index contributed by atoms with van der Waals surface area (Å²) in [5, 5.41) is 0. The summed E-state index contributed by atoms with van der Waals surface area (Å²) in [4.78, 5) is 6.99. The number of aromatic nitrogens is 2. The molecule has 3 aromatic rings. The minimum atomic E-state index is 1.01. The van der Waals surface area contributed by atoms with Gasteiger partial charge < -0.3 is 0 Å². The number of fused-ring (bicyclic) bond motifs is 1. The molecule has 3 rings (SSSR count). The Hall–Kier alpha value is -1.13. The third kappa shape index (κ3) is 1.49. The zero-order valence-electron chi connectivity index (χ0n) is 8.64. The summed E-state index contributed by atoms with van der Waals surface area (Å²) in [6.07, 6.45) is 3.94. The van der Waals surface area contributed by atoms with Crippen LogP contribution in [-0.2, 0) is 0 Å². The summed E-state index contributed by atoms with van der Waals surface area (Å²) in [5.74, 6) is 1.01. The topological polar surface area (TPSA) is 17.3 Å². The molecule has 16 heavy (non-hydrogen) atoms. The number of nitrogens with zero attached hydrogens (tertiary/aromatic N) is 2. The lowest BCUT2D eigenvalue weighted by Gasteiger charge is -1.99. The first-order valence-electron chi connectivity index (χ1n) is 4.94. The number of imidazole rings is 1. The van der Waals surface area contributed by atoms with E-state index in [-0.39, 0.29) is 0 Å². The molecule has 3 aromatic heterocycles. The third-order valence-electron chi connectivity index (χ3n) is 2.48. The van der Waals surface area contributed by atoms with Crippen molar-refractivity contribution in [3.05, 3.63) is 46.0 Å². The number of halogens is 1. The number of hydrogen-bond donors (Lipinski definition) is 0. The van der Waals surface area contributed by atoms with Crippen LogP contribution in [0.2, 0.25) is 0 Å². The van der Waals surface area contributed by atoms with Gasteiger partial charge in [0.15, 0.2) is 5.82 Å². The van der Waals surface area contributed by atoms with Gasteiger partial charge in [-0.15, -0.1) is 11.3 Å². The number of pyridine rings is 1. The van der Waals surface area contributed by atoms with Gasteiger partial charge in [-0.2, -0.15) is 0 Å². The predicted molar refractivity (Wildman–Crippen MR) is 70.9 cm³/mol. The summed E-state index contributed by atoms with van der Waals surface area (Å²) >= 11 is 5.30. The van der Waals surface area contributed by atoms with Crippen molar-refractivity contribution in [3.8, 4) is 10.7 Å². The first-order chi connectivity index (χ1) is 7.75. The van der Waals surface area contributed by atoms with Gasteiger partial charge in [0.1, 0.15) is 0 Å². The van der Waals surface area contributed by atoms with Crippen LogP contribution in [0.5, 0.6) is 0 Å².